The van der Waals surface area contributed by atoms with E-state index in [4.69, 9.17) is 10.8 Å². The van der Waals surface area contributed by atoms with E-state index in [2.05, 4.69) is 10.2 Å². The summed E-state index contributed by atoms with van der Waals surface area (Å²) in [6.07, 6.45) is -0.556. The van der Waals surface area contributed by atoms with Gasteiger partial charge < -0.3 is 10.8 Å². The van der Waals surface area contributed by atoms with Crippen molar-refractivity contribution >= 4 is 16.5 Å². The molecule has 9 heavy (non-hydrogen) atoms. The average molecular weight is 145 g/mol. The number of hydrogen-bond donors (Lipinski definition) is 2. The SMILES string of the molecule is CC(O)c1nnc(N)s1. The van der Waals surface area contributed by atoms with Crippen molar-refractivity contribution in [3.8, 4) is 0 Å². The van der Waals surface area contributed by atoms with Crippen LogP contribution < -0.4 is 5.73 Å². The molecule has 0 aromatic carbocycles. The Balaban J connectivity index is 2.85. The van der Waals surface area contributed by atoms with Crippen molar-refractivity contribution < 1.29 is 5.11 Å². The second kappa shape index (κ2) is 2.28. The third-order valence-corrected chi connectivity index (χ3v) is 1.74. The summed E-state index contributed by atoms with van der Waals surface area (Å²) in [5.74, 6) is 0. The summed E-state index contributed by atoms with van der Waals surface area (Å²) in [7, 11) is 0. The summed E-state index contributed by atoms with van der Waals surface area (Å²) in [5, 5.41) is 17.0. The highest BCUT2D eigenvalue weighted by Gasteiger charge is 2.05. The molecule has 1 rings (SSSR count). The Morgan fingerprint density at radius 3 is 2.56 bits per heavy atom. The zero-order valence-electron chi connectivity index (χ0n) is 4.90. The fourth-order valence-electron chi connectivity index (χ4n) is 0.415. The van der Waals surface area contributed by atoms with E-state index in [9.17, 15) is 0 Å². The lowest BCUT2D eigenvalue weighted by Crippen LogP contribution is -1.88. The van der Waals surface area contributed by atoms with Gasteiger partial charge in [0.25, 0.3) is 0 Å². The quantitative estimate of drug-likeness (QED) is 0.591. The molecule has 1 aromatic heterocycles. The van der Waals surface area contributed by atoms with Crippen LogP contribution in [0.3, 0.4) is 0 Å². The van der Waals surface area contributed by atoms with Crippen LogP contribution in [0.2, 0.25) is 0 Å². The molecule has 50 valence electrons. The molecule has 0 saturated carbocycles. The van der Waals surface area contributed by atoms with Crippen LogP contribution in [0.1, 0.15) is 18.0 Å². The van der Waals surface area contributed by atoms with Crippen molar-refractivity contribution in [2.75, 3.05) is 5.73 Å². The van der Waals surface area contributed by atoms with Crippen LogP contribution in [0, 0.1) is 0 Å². The van der Waals surface area contributed by atoms with E-state index in [1.807, 2.05) is 0 Å². The van der Waals surface area contributed by atoms with Crippen LogP contribution in [0.5, 0.6) is 0 Å². The number of nitrogen functional groups attached to an aromatic ring is 1. The molecule has 1 unspecified atom stereocenters. The molecule has 0 saturated heterocycles. The highest BCUT2D eigenvalue weighted by Crippen LogP contribution is 2.17. The van der Waals surface area contributed by atoms with Gasteiger partial charge >= 0.3 is 0 Å². The average Bonchev–Trinajstić information content (AvgIpc) is 2.14. The molecule has 0 aliphatic carbocycles. The van der Waals surface area contributed by atoms with E-state index < -0.39 is 6.10 Å². The summed E-state index contributed by atoms with van der Waals surface area (Å²) >= 11 is 1.20. The summed E-state index contributed by atoms with van der Waals surface area (Å²) in [6, 6.07) is 0. The number of aromatic nitrogens is 2. The van der Waals surface area contributed by atoms with E-state index >= 15 is 0 Å². The van der Waals surface area contributed by atoms with Gasteiger partial charge in [-0.2, -0.15) is 0 Å². The molecule has 0 radical (unpaired) electrons. The molecule has 0 aliphatic heterocycles. The number of rotatable bonds is 1. The molecule has 0 bridgehead atoms. The van der Waals surface area contributed by atoms with Crippen LogP contribution in [0.15, 0.2) is 0 Å². The first kappa shape index (κ1) is 6.44. The fraction of sp³-hybridized carbons (Fsp3) is 0.500. The zero-order valence-corrected chi connectivity index (χ0v) is 5.72. The molecule has 0 aliphatic rings. The Bertz CT molecular complexity index is 197. The maximum absolute atomic E-state index is 8.89. The summed E-state index contributed by atoms with van der Waals surface area (Å²) < 4.78 is 0. The molecule has 0 amide bonds. The number of nitrogens with two attached hydrogens (primary N) is 1. The minimum Gasteiger partial charge on any atom is -0.386 e. The van der Waals surface area contributed by atoms with Crippen molar-refractivity contribution in [1.29, 1.82) is 0 Å². The van der Waals surface area contributed by atoms with Gasteiger partial charge in [0, 0.05) is 0 Å². The van der Waals surface area contributed by atoms with Crippen LogP contribution >= 0.6 is 11.3 Å². The van der Waals surface area contributed by atoms with Crippen molar-refractivity contribution in [3.05, 3.63) is 5.01 Å². The van der Waals surface area contributed by atoms with Gasteiger partial charge in [-0.05, 0) is 6.92 Å². The molecule has 0 spiro atoms. The number of hydrogen-bond acceptors (Lipinski definition) is 5. The van der Waals surface area contributed by atoms with Crippen LogP contribution in [-0.2, 0) is 0 Å². The van der Waals surface area contributed by atoms with Crippen molar-refractivity contribution in [2.24, 2.45) is 0 Å². The van der Waals surface area contributed by atoms with Gasteiger partial charge in [-0.25, -0.2) is 0 Å². The largest absolute Gasteiger partial charge is 0.386 e. The lowest BCUT2D eigenvalue weighted by atomic mass is 10.4. The minimum atomic E-state index is -0.556. The Morgan fingerprint density at radius 1 is 1.67 bits per heavy atom. The number of anilines is 1. The lowest BCUT2D eigenvalue weighted by molar-refractivity contribution is 0.198. The van der Waals surface area contributed by atoms with Crippen molar-refractivity contribution in [3.63, 3.8) is 0 Å². The molecule has 0 fully saturated rings. The maximum Gasteiger partial charge on any atom is 0.203 e. The van der Waals surface area contributed by atoms with E-state index in [1.165, 1.54) is 11.3 Å². The molecule has 1 aromatic rings. The first-order chi connectivity index (χ1) is 4.20. The maximum atomic E-state index is 8.89. The highest BCUT2D eigenvalue weighted by molar-refractivity contribution is 7.15. The Labute approximate surface area is 56.3 Å². The van der Waals surface area contributed by atoms with E-state index in [-0.39, 0.29) is 0 Å². The summed E-state index contributed by atoms with van der Waals surface area (Å²) in [6.45, 7) is 1.62. The van der Waals surface area contributed by atoms with Crippen molar-refractivity contribution in [2.45, 2.75) is 13.0 Å². The van der Waals surface area contributed by atoms with Gasteiger partial charge in [0.2, 0.25) is 5.13 Å². The van der Waals surface area contributed by atoms with E-state index in [1.54, 1.807) is 6.92 Å². The Morgan fingerprint density at radius 2 is 2.33 bits per heavy atom. The predicted molar refractivity (Wildman–Crippen MR) is 35.0 cm³/mol. The number of aliphatic hydroxyl groups is 1. The van der Waals surface area contributed by atoms with Gasteiger partial charge in [0.15, 0.2) is 0 Å². The van der Waals surface area contributed by atoms with Crippen LogP contribution in [-0.4, -0.2) is 15.3 Å². The first-order valence-corrected chi connectivity index (χ1v) is 3.28. The lowest BCUT2D eigenvalue weighted by Gasteiger charge is -1.92. The zero-order chi connectivity index (χ0) is 6.85. The predicted octanol–water partition coefficient (Wildman–Crippen LogP) is 0.174. The van der Waals surface area contributed by atoms with E-state index in [0.29, 0.717) is 10.1 Å². The molecule has 4 nitrogen and oxygen atoms in total. The molecule has 5 heteroatoms. The second-order valence-electron chi connectivity index (χ2n) is 1.65. The standard InChI is InChI=1S/C4H7N3OS/c1-2(8)3-6-7-4(5)9-3/h2,8H,1H3,(H2,5,7). The first-order valence-electron chi connectivity index (χ1n) is 2.47. The molecule has 1 atom stereocenters. The van der Waals surface area contributed by atoms with Gasteiger partial charge in [-0.15, -0.1) is 10.2 Å². The van der Waals surface area contributed by atoms with Crippen LogP contribution in [0.25, 0.3) is 0 Å². The number of nitrogens with zero attached hydrogens (tertiary/aromatic N) is 2. The highest BCUT2D eigenvalue weighted by atomic mass is 32.1. The molecular weight excluding hydrogens is 138 g/mol. The van der Waals surface area contributed by atoms with E-state index in [0.717, 1.165) is 0 Å². The molecule has 1 heterocycles. The smallest absolute Gasteiger partial charge is 0.203 e. The monoisotopic (exact) mass is 145 g/mol. The van der Waals surface area contributed by atoms with Crippen molar-refractivity contribution in [1.82, 2.24) is 10.2 Å². The molecular formula is C4H7N3OS. The normalized spacial score (nSPS) is 13.6. The van der Waals surface area contributed by atoms with Gasteiger partial charge in [-0.1, -0.05) is 11.3 Å². The number of aliphatic hydroxyl groups excluding tert-OH is 1. The second-order valence-corrected chi connectivity index (χ2v) is 2.70. The minimum absolute atomic E-state index is 0.394. The van der Waals surface area contributed by atoms with Gasteiger partial charge in [0.05, 0.1) is 0 Å². The summed E-state index contributed by atoms with van der Waals surface area (Å²) in [5.41, 5.74) is 5.25. The Kier molecular flexibility index (Phi) is 1.63. The Hall–Kier alpha value is -0.680. The summed E-state index contributed by atoms with van der Waals surface area (Å²) in [4.78, 5) is 0. The van der Waals surface area contributed by atoms with Gasteiger partial charge in [-0.3, -0.25) is 0 Å². The molecule has 3 N–H and O–H groups in total. The fourth-order valence-corrected chi connectivity index (χ4v) is 0.963. The third kappa shape index (κ3) is 1.36. The topological polar surface area (TPSA) is 72.0 Å². The van der Waals surface area contributed by atoms with Crippen LogP contribution in [0.4, 0.5) is 5.13 Å². The third-order valence-electron chi connectivity index (χ3n) is 0.814. The van der Waals surface area contributed by atoms with Gasteiger partial charge in [0.1, 0.15) is 11.1 Å².